The predicted octanol–water partition coefficient (Wildman–Crippen LogP) is 1.56. The SMILES string of the molecule is CC(=O)OOC(=O)c1ccccc1C(=O)OOC(C)=O.O=[C]c1ccccc1[C]=O. The molecule has 10 nitrogen and oxygen atoms in total. The van der Waals surface area contributed by atoms with Gasteiger partial charge in [-0.25, -0.2) is 38.7 Å². The minimum atomic E-state index is -1.07. The lowest BCUT2D eigenvalue weighted by molar-refractivity contribution is -0.232. The van der Waals surface area contributed by atoms with Crippen LogP contribution in [0.4, 0.5) is 0 Å². The van der Waals surface area contributed by atoms with Crippen LogP contribution in [0.15, 0.2) is 48.5 Å². The first kappa shape index (κ1) is 23.7. The Kier molecular flexibility index (Phi) is 9.63. The van der Waals surface area contributed by atoms with Crippen LogP contribution >= 0.6 is 0 Å². The van der Waals surface area contributed by atoms with Gasteiger partial charge in [-0.15, -0.1) is 0 Å². The quantitative estimate of drug-likeness (QED) is 0.535. The van der Waals surface area contributed by atoms with Crippen molar-refractivity contribution in [3.63, 3.8) is 0 Å². The van der Waals surface area contributed by atoms with Crippen molar-refractivity contribution in [1.82, 2.24) is 0 Å². The minimum absolute atomic E-state index is 0.217. The van der Waals surface area contributed by atoms with Crippen LogP contribution in [0.2, 0.25) is 0 Å². The number of carbonyl (C=O) groups is 4. The van der Waals surface area contributed by atoms with E-state index >= 15 is 0 Å². The molecule has 0 N–H and O–H groups in total. The second-order valence-electron chi connectivity index (χ2n) is 5.19. The summed E-state index contributed by atoms with van der Waals surface area (Å²) in [5.74, 6) is -3.82. The third-order valence-corrected chi connectivity index (χ3v) is 2.98. The fourth-order valence-electron chi connectivity index (χ4n) is 1.78. The molecule has 2 radical (unpaired) electrons. The maximum absolute atomic E-state index is 11.6. The molecule has 0 saturated carbocycles. The molecule has 10 heteroatoms. The third-order valence-electron chi connectivity index (χ3n) is 2.98. The molecular weight excluding hydrogens is 400 g/mol. The summed E-state index contributed by atoms with van der Waals surface area (Å²) in [6.45, 7) is 2.07. The maximum atomic E-state index is 11.6. The fourth-order valence-corrected chi connectivity index (χ4v) is 1.78. The standard InChI is InChI=1S/C12H10O8.C8H4O2/c1-7(13)17-19-11(15)9-5-3-4-6-10(9)12(16)20-18-8(2)14;9-5-7-3-1-2-4-8(7)6-10/h3-6H,1-2H3;1-4H. The summed E-state index contributed by atoms with van der Waals surface area (Å²) >= 11 is 0. The topological polar surface area (TPSA) is 139 Å². The molecule has 2 rings (SSSR count). The van der Waals surface area contributed by atoms with Crippen LogP contribution in [-0.4, -0.2) is 36.4 Å². The Labute approximate surface area is 170 Å². The van der Waals surface area contributed by atoms with Gasteiger partial charge in [0.2, 0.25) is 12.6 Å². The zero-order valence-electron chi connectivity index (χ0n) is 15.7. The van der Waals surface area contributed by atoms with Crippen molar-refractivity contribution < 1.29 is 48.3 Å². The Bertz CT molecular complexity index is 872. The highest BCUT2D eigenvalue weighted by molar-refractivity contribution is 6.03. The van der Waals surface area contributed by atoms with Gasteiger partial charge in [-0.2, -0.15) is 0 Å². The lowest BCUT2D eigenvalue weighted by Crippen LogP contribution is -2.16. The van der Waals surface area contributed by atoms with Crippen LogP contribution in [-0.2, 0) is 38.7 Å². The highest BCUT2D eigenvalue weighted by atomic mass is 17.2. The van der Waals surface area contributed by atoms with E-state index in [4.69, 9.17) is 0 Å². The van der Waals surface area contributed by atoms with E-state index < -0.39 is 23.9 Å². The van der Waals surface area contributed by atoms with Crippen molar-refractivity contribution in [2.45, 2.75) is 13.8 Å². The molecule has 0 heterocycles. The van der Waals surface area contributed by atoms with Crippen LogP contribution in [0.3, 0.4) is 0 Å². The first-order chi connectivity index (χ1) is 14.3. The van der Waals surface area contributed by atoms with Gasteiger partial charge in [-0.3, -0.25) is 9.59 Å². The van der Waals surface area contributed by atoms with Crippen LogP contribution in [0.1, 0.15) is 45.7 Å². The third kappa shape index (κ3) is 7.72. The van der Waals surface area contributed by atoms with Crippen molar-refractivity contribution in [2.75, 3.05) is 0 Å². The normalized spacial score (nSPS) is 9.13. The zero-order chi connectivity index (χ0) is 22.5. The number of hydrogen-bond donors (Lipinski definition) is 0. The van der Waals surface area contributed by atoms with E-state index in [1.807, 2.05) is 0 Å². The maximum Gasteiger partial charge on any atom is 0.387 e. The summed E-state index contributed by atoms with van der Waals surface area (Å²) in [5, 5.41) is 0. The van der Waals surface area contributed by atoms with Crippen molar-refractivity contribution in [3.8, 4) is 0 Å². The average Bonchev–Trinajstić information content (AvgIpc) is 2.76. The molecule has 0 atom stereocenters. The van der Waals surface area contributed by atoms with Crippen molar-refractivity contribution in [2.24, 2.45) is 0 Å². The van der Waals surface area contributed by atoms with Gasteiger partial charge in [-0.05, 0) is 12.1 Å². The summed E-state index contributed by atoms with van der Waals surface area (Å²) in [5.41, 5.74) is 0.0896. The van der Waals surface area contributed by atoms with Crippen LogP contribution in [0.5, 0.6) is 0 Å². The second-order valence-corrected chi connectivity index (χ2v) is 5.19. The average molecular weight is 414 g/mol. The molecule has 154 valence electrons. The molecule has 0 aliphatic carbocycles. The summed E-state index contributed by atoms with van der Waals surface area (Å²) in [4.78, 5) is 80.9. The summed E-state index contributed by atoms with van der Waals surface area (Å²) in [6, 6.07) is 11.8. The molecule has 0 bridgehead atoms. The van der Waals surface area contributed by atoms with Gasteiger partial charge in [0.25, 0.3) is 0 Å². The highest BCUT2D eigenvalue weighted by Gasteiger charge is 2.22. The number of carbonyl (C=O) groups excluding carboxylic acids is 6. The van der Waals surface area contributed by atoms with E-state index in [0.717, 1.165) is 13.8 Å². The Balaban J connectivity index is 0.000000375. The molecule has 0 fully saturated rings. The van der Waals surface area contributed by atoms with Crippen molar-refractivity contribution in [3.05, 3.63) is 70.8 Å². The summed E-state index contributed by atoms with van der Waals surface area (Å²) < 4.78 is 0. The lowest BCUT2D eigenvalue weighted by atomic mass is 10.1. The molecule has 2 aromatic rings. The molecule has 0 unspecified atom stereocenters. The zero-order valence-corrected chi connectivity index (χ0v) is 15.7. The Morgan fingerprint density at radius 3 is 1.23 bits per heavy atom. The van der Waals surface area contributed by atoms with E-state index in [-0.39, 0.29) is 22.3 Å². The number of benzene rings is 2. The lowest BCUT2D eigenvalue weighted by Gasteiger charge is -2.06. The molecule has 0 aliphatic heterocycles. The molecule has 30 heavy (non-hydrogen) atoms. The number of hydrogen-bond acceptors (Lipinski definition) is 10. The summed E-state index contributed by atoms with van der Waals surface area (Å²) in [7, 11) is 0. The first-order valence-electron chi connectivity index (χ1n) is 8.03. The Morgan fingerprint density at radius 1 is 0.600 bits per heavy atom. The Hall–Kier alpha value is -4.34. The van der Waals surface area contributed by atoms with Crippen LogP contribution in [0.25, 0.3) is 0 Å². The van der Waals surface area contributed by atoms with Gasteiger partial charge in [0.15, 0.2) is 0 Å². The van der Waals surface area contributed by atoms with E-state index in [0.29, 0.717) is 0 Å². The molecule has 0 amide bonds. The molecular formula is C20H14O10. The molecule has 2 aromatic carbocycles. The molecule has 0 saturated heterocycles. The Morgan fingerprint density at radius 2 is 0.933 bits per heavy atom. The summed E-state index contributed by atoms with van der Waals surface area (Å²) in [6.07, 6.45) is 3.27. The van der Waals surface area contributed by atoms with E-state index in [9.17, 15) is 28.8 Å². The molecule has 0 spiro atoms. The fraction of sp³-hybridized carbons (Fsp3) is 0.100. The van der Waals surface area contributed by atoms with Crippen molar-refractivity contribution in [1.29, 1.82) is 0 Å². The van der Waals surface area contributed by atoms with Crippen LogP contribution in [0, 0.1) is 0 Å². The van der Waals surface area contributed by atoms with Gasteiger partial charge < -0.3 is 0 Å². The minimum Gasteiger partial charge on any atom is -0.285 e. The largest absolute Gasteiger partial charge is 0.387 e. The van der Waals surface area contributed by atoms with Gasteiger partial charge in [0.05, 0.1) is 11.1 Å². The van der Waals surface area contributed by atoms with Crippen LogP contribution < -0.4 is 0 Å². The highest BCUT2D eigenvalue weighted by Crippen LogP contribution is 2.12. The predicted molar refractivity (Wildman–Crippen MR) is 96.8 cm³/mol. The van der Waals surface area contributed by atoms with Gasteiger partial charge in [0, 0.05) is 25.0 Å². The van der Waals surface area contributed by atoms with E-state index in [1.165, 1.54) is 36.4 Å². The first-order valence-corrected chi connectivity index (χ1v) is 8.03. The van der Waals surface area contributed by atoms with Crippen molar-refractivity contribution >= 4 is 36.4 Å². The van der Waals surface area contributed by atoms with Gasteiger partial charge in [0.1, 0.15) is 0 Å². The smallest absolute Gasteiger partial charge is 0.285 e. The monoisotopic (exact) mass is 414 g/mol. The van der Waals surface area contributed by atoms with Gasteiger partial charge >= 0.3 is 23.9 Å². The van der Waals surface area contributed by atoms with Gasteiger partial charge in [-0.1, -0.05) is 36.4 Å². The number of rotatable bonds is 4. The second kappa shape index (κ2) is 12.2. The van der Waals surface area contributed by atoms with E-state index in [1.54, 1.807) is 24.7 Å². The molecule has 0 aliphatic rings. The van der Waals surface area contributed by atoms with E-state index in [2.05, 4.69) is 19.6 Å². The molecule has 0 aromatic heterocycles.